The maximum atomic E-state index is 12.3. The van der Waals surface area contributed by atoms with E-state index in [1.54, 1.807) is 47.4 Å². The molecule has 0 aromatic heterocycles. The summed E-state index contributed by atoms with van der Waals surface area (Å²) < 4.78 is 40.9. The molecule has 33 heavy (non-hydrogen) atoms. The van der Waals surface area contributed by atoms with Crippen LogP contribution in [-0.2, 0) is 26.2 Å². The number of nitrogens with zero attached hydrogens (tertiary/aromatic N) is 2. The number of amides is 1. The van der Waals surface area contributed by atoms with Crippen molar-refractivity contribution < 1.29 is 26.9 Å². The second-order valence-corrected chi connectivity index (χ2v) is 10.4. The highest BCUT2D eigenvalue weighted by atomic mass is 32.2. The van der Waals surface area contributed by atoms with Crippen LogP contribution < -0.4 is 4.18 Å². The van der Waals surface area contributed by atoms with Crippen molar-refractivity contribution in [3.8, 4) is 5.75 Å². The number of benzene rings is 2. The highest BCUT2D eigenvalue weighted by Gasteiger charge is 2.27. The number of carbonyl (C=O) groups is 1. The standard InChI is InChI=1S/C23H28N2O6S2/c1-23(2,3)30-21(26)24-13-15-25(16-14-24)22(32)29-17-18-9-11-19(12-10-18)31-33(27,28)20-7-5-4-6-8-20/h4-12H,13-17H2,1-3H3. The van der Waals surface area contributed by atoms with Crippen LogP contribution in [0.4, 0.5) is 4.79 Å². The Bertz CT molecular complexity index is 1060. The average molecular weight is 493 g/mol. The predicted octanol–water partition coefficient (Wildman–Crippen LogP) is 3.81. The molecule has 0 unspecified atom stereocenters. The molecule has 2 aromatic rings. The molecule has 0 N–H and O–H groups in total. The summed E-state index contributed by atoms with van der Waals surface area (Å²) in [5.41, 5.74) is 0.285. The van der Waals surface area contributed by atoms with Crippen LogP contribution in [0.2, 0.25) is 0 Å². The minimum atomic E-state index is -3.88. The first-order valence-corrected chi connectivity index (χ1v) is 12.3. The van der Waals surface area contributed by atoms with Gasteiger partial charge in [-0.05, 0) is 62.8 Å². The molecule has 10 heteroatoms. The van der Waals surface area contributed by atoms with Gasteiger partial charge in [-0.25, -0.2) is 4.79 Å². The minimum absolute atomic E-state index is 0.0922. The van der Waals surface area contributed by atoms with Crippen molar-refractivity contribution >= 4 is 33.6 Å². The van der Waals surface area contributed by atoms with Crippen molar-refractivity contribution in [1.82, 2.24) is 9.80 Å². The molecule has 0 bridgehead atoms. The van der Waals surface area contributed by atoms with E-state index >= 15 is 0 Å². The van der Waals surface area contributed by atoms with E-state index < -0.39 is 15.7 Å². The first-order chi connectivity index (χ1) is 15.5. The summed E-state index contributed by atoms with van der Waals surface area (Å²) in [4.78, 5) is 15.8. The fraction of sp³-hybridized carbons (Fsp3) is 0.391. The van der Waals surface area contributed by atoms with Crippen LogP contribution in [0.3, 0.4) is 0 Å². The van der Waals surface area contributed by atoms with Crippen molar-refractivity contribution in [2.75, 3.05) is 26.2 Å². The van der Waals surface area contributed by atoms with E-state index in [1.165, 1.54) is 12.1 Å². The van der Waals surface area contributed by atoms with E-state index in [0.29, 0.717) is 31.4 Å². The molecular weight excluding hydrogens is 464 g/mol. The Hall–Kier alpha value is -2.85. The zero-order valence-corrected chi connectivity index (χ0v) is 20.5. The Labute approximate surface area is 200 Å². The molecule has 2 aromatic carbocycles. The molecule has 3 rings (SSSR count). The van der Waals surface area contributed by atoms with Gasteiger partial charge in [0.2, 0.25) is 0 Å². The van der Waals surface area contributed by atoms with Gasteiger partial charge in [-0.3, -0.25) is 0 Å². The topological polar surface area (TPSA) is 85.4 Å². The van der Waals surface area contributed by atoms with Gasteiger partial charge in [0.05, 0.1) is 0 Å². The third-order valence-electron chi connectivity index (χ3n) is 4.71. The molecule has 1 fully saturated rings. The Morgan fingerprint density at radius 1 is 0.939 bits per heavy atom. The van der Waals surface area contributed by atoms with Gasteiger partial charge < -0.3 is 23.5 Å². The summed E-state index contributed by atoms with van der Waals surface area (Å²) in [5, 5.41) is 0.353. The Morgan fingerprint density at radius 3 is 2.09 bits per heavy atom. The SMILES string of the molecule is CC(C)(C)OC(=O)N1CCN(C(=S)OCc2ccc(OS(=O)(=O)c3ccccc3)cc2)CC1. The van der Waals surface area contributed by atoms with E-state index in [-0.39, 0.29) is 23.3 Å². The van der Waals surface area contributed by atoms with Crippen LogP contribution in [0, 0.1) is 0 Å². The van der Waals surface area contributed by atoms with E-state index in [2.05, 4.69) is 0 Å². The lowest BCUT2D eigenvalue weighted by atomic mass is 10.2. The molecule has 1 aliphatic rings. The van der Waals surface area contributed by atoms with Crippen molar-refractivity contribution in [3.05, 3.63) is 60.2 Å². The fourth-order valence-corrected chi connectivity index (χ4v) is 4.23. The third kappa shape index (κ3) is 7.33. The van der Waals surface area contributed by atoms with Gasteiger partial charge in [-0.15, -0.1) is 0 Å². The monoisotopic (exact) mass is 492 g/mol. The van der Waals surface area contributed by atoms with Crippen LogP contribution in [-0.4, -0.2) is 61.3 Å². The van der Waals surface area contributed by atoms with Gasteiger partial charge in [0, 0.05) is 26.2 Å². The maximum Gasteiger partial charge on any atom is 0.410 e. The number of thiocarbonyl (C=S) groups is 1. The largest absolute Gasteiger partial charge is 0.466 e. The van der Waals surface area contributed by atoms with Gasteiger partial charge in [0.25, 0.3) is 5.17 Å². The summed E-state index contributed by atoms with van der Waals surface area (Å²) in [6, 6.07) is 14.5. The molecule has 0 aliphatic carbocycles. The first-order valence-electron chi connectivity index (χ1n) is 10.5. The molecule has 0 radical (unpaired) electrons. The molecule has 178 valence electrons. The lowest BCUT2D eigenvalue weighted by Crippen LogP contribution is -2.51. The van der Waals surface area contributed by atoms with Crippen molar-refractivity contribution in [2.24, 2.45) is 0 Å². The van der Waals surface area contributed by atoms with Crippen molar-refractivity contribution in [2.45, 2.75) is 37.9 Å². The van der Waals surface area contributed by atoms with E-state index in [0.717, 1.165) is 5.56 Å². The third-order valence-corrected chi connectivity index (χ3v) is 6.35. The summed E-state index contributed by atoms with van der Waals surface area (Å²) in [7, 11) is -3.88. The van der Waals surface area contributed by atoms with Crippen LogP contribution in [0.25, 0.3) is 0 Å². The average Bonchev–Trinajstić information content (AvgIpc) is 2.78. The van der Waals surface area contributed by atoms with Gasteiger partial charge in [0.15, 0.2) is 0 Å². The van der Waals surface area contributed by atoms with Gasteiger partial charge in [-0.1, -0.05) is 30.3 Å². The fourth-order valence-electron chi connectivity index (χ4n) is 3.04. The number of rotatable bonds is 5. The Morgan fingerprint density at radius 2 is 1.52 bits per heavy atom. The summed E-state index contributed by atoms with van der Waals surface area (Å²) in [5.74, 6) is 0.212. The number of carbonyl (C=O) groups excluding carboxylic acids is 1. The van der Waals surface area contributed by atoms with Crippen LogP contribution in [0.15, 0.2) is 59.5 Å². The molecule has 1 saturated heterocycles. The van der Waals surface area contributed by atoms with E-state index in [4.69, 9.17) is 25.9 Å². The van der Waals surface area contributed by atoms with Crippen molar-refractivity contribution in [3.63, 3.8) is 0 Å². The number of hydrogen-bond acceptors (Lipinski definition) is 7. The second-order valence-electron chi connectivity index (χ2n) is 8.50. The van der Waals surface area contributed by atoms with Crippen LogP contribution in [0.1, 0.15) is 26.3 Å². The normalized spacial score (nSPS) is 14.5. The Balaban J connectivity index is 1.46. The minimum Gasteiger partial charge on any atom is -0.466 e. The quantitative estimate of drug-likeness (QED) is 0.460. The summed E-state index contributed by atoms with van der Waals surface area (Å²) >= 11 is 5.38. The molecule has 1 aliphatic heterocycles. The molecular formula is C23H28N2O6S2. The van der Waals surface area contributed by atoms with Crippen LogP contribution in [0.5, 0.6) is 5.75 Å². The predicted molar refractivity (Wildman–Crippen MR) is 127 cm³/mol. The molecule has 1 heterocycles. The lowest BCUT2D eigenvalue weighted by molar-refractivity contribution is 0.0174. The van der Waals surface area contributed by atoms with Gasteiger partial charge in [-0.2, -0.15) is 8.42 Å². The highest BCUT2D eigenvalue weighted by molar-refractivity contribution is 7.87. The first kappa shape index (κ1) is 24.8. The maximum absolute atomic E-state index is 12.3. The summed E-state index contributed by atoms with van der Waals surface area (Å²) in [6.45, 7) is 7.86. The smallest absolute Gasteiger partial charge is 0.410 e. The number of hydrogen-bond donors (Lipinski definition) is 0. The zero-order chi connectivity index (χ0) is 24.1. The zero-order valence-electron chi connectivity index (χ0n) is 18.9. The van der Waals surface area contributed by atoms with E-state index in [1.807, 2.05) is 25.7 Å². The number of piperazine rings is 1. The molecule has 0 saturated carbocycles. The molecule has 8 nitrogen and oxygen atoms in total. The molecule has 0 spiro atoms. The number of ether oxygens (including phenoxy) is 2. The Kier molecular flexibility index (Phi) is 7.80. The molecule has 0 atom stereocenters. The van der Waals surface area contributed by atoms with Gasteiger partial charge >= 0.3 is 16.2 Å². The molecule has 1 amide bonds. The van der Waals surface area contributed by atoms with Gasteiger partial charge in [0.1, 0.15) is 22.9 Å². The second kappa shape index (κ2) is 10.4. The van der Waals surface area contributed by atoms with Crippen LogP contribution >= 0.6 is 12.2 Å². The lowest BCUT2D eigenvalue weighted by Gasteiger charge is -2.36. The van der Waals surface area contributed by atoms with E-state index in [9.17, 15) is 13.2 Å². The highest BCUT2D eigenvalue weighted by Crippen LogP contribution is 2.20. The summed E-state index contributed by atoms with van der Waals surface area (Å²) in [6.07, 6.45) is -0.328. The van der Waals surface area contributed by atoms with Crippen molar-refractivity contribution in [1.29, 1.82) is 0 Å².